The van der Waals surface area contributed by atoms with Crippen LogP contribution < -0.4 is 10.1 Å². The summed E-state index contributed by atoms with van der Waals surface area (Å²) in [4.78, 5) is 4.16. The summed E-state index contributed by atoms with van der Waals surface area (Å²) >= 11 is 0. The number of alkyl halides is 3. The molecule has 4 nitrogen and oxygen atoms in total. The van der Waals surface area contributed by atoms with Crippen LogP contribution in [-0.2, 0) is 0 Å². The highest BCUT2D eigenvalue weighted by molar-refractivity contribution is 5.55. The number of halogens is 3. The molecule has 0 bridgehead atoms. The van der Waals surface area contributed by atoms with Crippen LogP contribution in [0.15, 0.2) is 36.7 Å². The molecule has 0 spiro atoms. The molecule has 7 heteroatoms. The molecule has 0 unspecified atom stereocenters. The van der Waals surface area contributed by atoms with Gasteiger partial charge in [0.2, 0.25) is 5.95 Å². The third-order valence-corrected chi connectivity index (χ3v) is 2.57. The van der Waals surface area contributed by atoms with E-state index in [-0.39, 0.29) is 11.8 Å². The first-order chi connectivity index (χ1) is 9.35. The molecule has 1 N–H and O–H groups in total. The summed E-state index contributed by atoms with van der Waals surface area (Å²) < 4.78 is 41.8. The fraction of sp³-hybridized carbons (Fsp3) is 0.308. The number of nitrogens with one attached hydrogen (secondary N) is 1. The van der Waals surface area contributed by atoms with Gasteiger partial charge in [0.15, 0.2) is 0 Å². The Hall–Kier alpha value is -2.18. The largest absolute Gasteiger partial charge is 0.573 e. The van der Waals surface area contributed by atoms with E-state index in [0.29, 0.717) is 11.6 Å². The van der Waals surface area contributed by atoms with Crippen molar-refractivity contribution < 1.29 is 17.9 Å². The lowest BCUT2D eigenvalue weighted by Crippen LogP contribution is -2.17. The summed E-state index contributed by atoms with van der Waals surface area (Å²) in [6.07, 6.45) is -1.19. The van der Waals surface area contributed by atoms with E-state index in [1.807, 2.05) is 24.6 Å². The van der Waals surface area contributed by atoms with Crippen molar-refractivity contribution in [2.24, 2.45) is 0 Å². The van der Waals surface area contributed by atoms with E-state index in [2.05, 4.69) is 15.0 Å². The fourth-order valence-corrected chi connectivity index (χ4v) is 1.70. The molecule has 0 aliphatic carbocycles. The van der Waals surface area contributed by atoms with Crippen LogP contribution in [0.5, 0.6) is 5.75 Å². The average molecular weight is 285 g/mol. The van der Waals surface area contributed by atoms with Gasteiger partial charge in [0.25, 0.3) is 0 Å². The van der Waals surface area contributed by atoms with Crippen LogP contribution in [0.2, 0.25) is 0 Å². The second-order valence-corrected chi connectivity index (χ2v) is 4.45. The van der Waals surface area contributed by atoms with Crippen LogP contribution in [0, 0.1) is 0 Å². The number of hydrogen-bond acceptors (Lipinski definition) is 3. The summed E-state index contributed by atoms with van der Waals surface area (Å²) in [6, 6.07) is 5.73. The van der Waals surface area contributed by atoms with Gasteiger partial charge in [-0.2, -0.15) is 0 Å². The minimum Gasteiger partial charge on any atom is -0.406 e. The lowest BCUT2D eigenvalue weighted by atomic mass is 10.3. The zero-order valence-electron chi connectivity index (χ0n) is 11.0. The van der Waals surface area contributed by atoms with E-state index < -0.39 is 6.36 Å². The Morgan fingerprint density at radius 1 is 1.20 bits per heavy atom. The number of imidazole rings is 1. The van der Waals surface area contributed by atoms with E-state index in [0.717, 1.165) is 0 Å². The number of anilines is 2. The molecular formula is C13H14F3N3O. The molecule has 0 radical (unpaired) electrons. The van der Waals surface area contributed by atoms with Gasteiger partial charge in [-0.3, -0.25) is 0 Å². The van der Waals surface area contributed by atoms with E-state index in [1.54, 1.807) is 6.20 Å². The first-order valence-corrected chi connectivity index (χ1v) is 6.01. The third kappa shape index (κ3) is 3.66. The highest BCUT2D eigenvalue weighted by Gasteiger charge is 2.30. The summed E-state index contributed by atoms with van der Waals surface area (Å²) in [6.45, 7) is 4.01. The number of nitrogens with zero attached hydrogens (tertiary/aromatic N) is 2. The van der Waals surface area contributed by atoms with Gasteiger partial charge < -0.3 is 14.6 Å². The van der Waals surface area contributed by atoms with Gasteiger partial charge in [0, 0.05) is 24.1 Å². The molecule has 2 rings (SSSR count). The lowest BCUT2D eigenvalue weighted by molar-refractivity contribution is -0.274. The van der Waals surface area contributed by atoms with Gasteiger partial charge in [-0.15, -0.1) is 13.2 Å². The summed E-state index contributed by atoms with van der Waals surface area (Å²) in [5, 5.41) is 3.04. The predicted molar refractivity (Wildman–Crippen MR) is 69.0 cm³/mol. The van der Waals surface area contributed by atoms with Crippen molar-refractivity contribution in [3.63, 3.8) is 0 Å². The van der Waals surface area contributed by atoms with Crippen molar-refractivity contribution in [2.75, 3.05) is 5.32 Å². The summed E-state index contributed by atoms with van der Waals surface area (Å²) in [7, 11) is 0. The smallest absolute Gasteiger partial charge is 0.406 e. The van der Waals surface area contributed by atoms with Crippen molar-refractivity contribution in [2.45, 2.75) is 26.3 Å². The average Bonchev–Trinajstić information content (AvgIpc) is 2.78. The minimum absolute atomic E-state index is 0.229. The van der Waals surface area contributed by atoms with E-state index in [4.69, 9.17) is 0 Å². The van der Waals surface area contributed by atoms with Crippen LogP contribution >= 0.6 is 0 Å². The zero-order chi connectivity index (χ0) is 14.8. The number of aromatic nitrogens is 2. The van der Waals surface area contributed by atoms with E-state index >= 15 is 0 Å². The van der Waals surface area contributed by atoms with Gasteiger partial charge in [-0.25, -0.2) is 4.98 Å². The quantitative estimate of drug-likeness (QED) is 0.919. The Labute approximate surface area is 114 Å². The summed E-state index contributed by atoms with van der Waals surface area (Å²) in [5.41, 5.74) is 0.632. The molecule has 0 saturated carbocycles. The maximum Gasteiger partial charge on any atom is 0.573 e. The van der Waals surface area contributed by atoms with Crippen molar-refractivity contribution in [1.29, 1.82) is 0 Å². The molecule has 0 aliphatic rings. The maximum absolute atomic E-state index is 12.0. The molecule has 1 aromatic carbocycles. The Morgan fingerprint density at radius 3 is 2.40 bits per heavy atom. The lowest BCUT2D eigenvalue weighted by Gasteiger charge is -2.13. The van der Waals surface area contributed by atoms with Crippen LogP contribution in [-0.4, -0.2) is 15.9 Å². The molecular weight excluding hydrogens is 271 g/mol. The van der Waals surface area contributed by atoms with Gasteiger partial charge >= 0.3 is 6.36 Å². The van der Waals surface area contributed by atoms with Crippen LogP contribution in [0.4, 0.5) is 24.8 Å². The molecule has 2 aromatic rings. The van der Waals surface area contributed by atoms with Gasteiger partial charge in [0.1, 0.15) is 5.75 Å². The second-order valence-electron chi connectivity index (χ2n) is 4.45. The Bertz CT molecular complexity index is 561. The molecule has 1 aromatic heterocycles. The van der Waals surface area contributed by atoms with Crippen molar-refractivity contribution in [1.82, 2.24) is 9.55 Å². The highest BCUT2D eigenvalue weighted by Crippen LogP contribution is 2.25. The summed E-state index contributed by atoms with van der Waals surface area (Å²) in [5.74, 6) is 0.375. The standard InChI is InChI=1S/C13H14F3N3O/c1-9(2)19-8-7-17-12(19)18-10-3-5-11(6-4-10)20-13(14,15)16/h3-9H,1-2H3,(H,17,18). The topological polar surface area (TPSA) is 39.1 Å². The molecule has 20 heavy (non-hydrogen) atoms. The number of benzene rings is 1. The van der Waals surface area contributed by atoms with Crippen molar-refractivity contribution >= 4 is 11.6 Å². The van der Waals surface area contributed by atoms with Crippen LogP contribution in [0.25, 0.3) is 0 Å². The highest BCUT2D eigenvalue weighted by atomic mass is 19.4. The first-order valence-electron chi connectivity index (χ1n) is 6.01. The van der Waals surface area contributed by atoms with Crippen LogP contribution in [0.1, 0.15) is 19.9 Å². The Kier molecular flexibility index (Phi) is 3.87. The van der Waals surface area contributed by atoms with Gasteiger partial charge in [0.05, 0.1) is 0 Å². The predicted octanol–water partition coefficient (Wildman–Crippen LogP) is 4.11. The number of hydrogen-bond donors (Lipinski definition) is 1. The SMILES string of the molecule is CC(C)n1ccnc1Nc1ccc(OC(F)(F)F)cc1. The molecule has 1 heterocycles. The number of rotatable bonds is 4. The fourth-order valence-electron chi connectivity index (χ4n) is 1.70. The second kappa shape index (κ2) is 5.44. The molecule has 0 aliphatic heterocycles. The Morgan fingerprint density at radius 2 is 1.85 bits per heavy atom. The third-order valence-electron chi connectivity index (χ3n) is 2.57. The molecule has 0 fully saturated rings. The molecule has 108 valence electrons. The van der Waals surface area contributed by atoms with E-state index in [1.165, 1.54) is 24.3 Å². The van der Waals surface area contributed by atoms with Crippen molar-refractivity contribution in [3.8, 4) is 5.75 Å². The zero-order valence-corrected chi connectivity index (χ0v) is 11.0. The van der Waals surface area contributed by atoms with Gasteiger partial charge in [-0.05, 0) is 38.1 Å². The Balaban J connectivity index is 2.09. The normalized spacial score (nSPS) is 11.7. The van der Waals surface area contributed by atoms with Crippen molar-refractivity contribution in [3.05, 3.63) is 36.7 Å². The molecule has 0 amide bonds. The van der Waals surface area contributed by atoms with Gasteiger partial charge in [-0.1, -0.05) is 0 Å². The van der Waals surface area contributed by atoms with Crippen LogP contribution in [0.3, 0.4) is 0 Å². The monoisotopic (exact) mass is 285 g/mol. The first kappa shape index (κ1) is 14.2. The van der Waals surface area contributed by atoms with E-state index in [9.17, 15) is 13.2 Å². The number of ether oxygens (including phenoxy) is 1. The minimum atomic E-state index is -4.68. The molecule has 0 atom stereocenters. The maximum atomic E-state index is 12.0. The molecule has 0 saturated heterocycles.